The number of ketones is 1. The monoisotopic (exact) mass is 458 g/mol. The Bertz CT molecular complexity index is 1140. The minimum Gasteiger partial charge on any atom is -0.511 e. The van der Waals surface area contributed by atoms with Crippen molar-refractivity contribution in [1.82, 2.24) is 4.90 Å². The fourth-order valence-corrected chi connectivity index (χ4v) is 4.71. The average molecular weight is 459 g/mol. The number of carbonyl (C=O) groups is 3. The second kappa shape index (κ2) is 9.75. The number of rotatable bonds is 8. The summed E-state index contributed by atoms with van der Waals surface area (Å²) in [4.78, 5) is 44.2. The van der Waals surface area contributed by atoms with Crippen LogP contribution in [0.1, 0.15) is 65.8 Å². The van der Waals surface area contributed by atoms with E-state index in [1.54, 1.807) is 24.3 Å². The lowest BCUT2D eigenvalue weighted by molar-refractivity contribution is -0.118. The van der Waals surface area contributed by atoms with E-state index in [-0.39, 0.29) is 35.3 Å². The molecule has 4 rings (SSSR count). The molecule has 2 amide bonds. The molecule has 0 spiro atoms. The van der Waals surface area contributed by atoms with E-state index < -0.39 is 0 Å². The predicted octanol–water partition coefficient (Wildman–Crippen LogP) is 4.95. The molecular formula is C28H30N2O4. The van der Waals surface area contributed by atoms with Crippen molar-refractivity contribution < 1.29 is 19.5 Å². The number of Topliss-reactive ketones (excluding diaryl/α,β-unsaturated/α-hetero) is 1. The first-order valence-electron chi connectivity index (χ1n) is 11.7. The third-order valence-corrected chi connectivity index (χ3v) is 6.36. The second-order valence-electron chi connectivity index (χ2n) is 9.74. The van der Waals surface area contributed by atoms with Crippen LogP contribution in [0.4, 0.5) is 0 Å². The molecule has 34 heavy (non-hydrogen) atoms. The number of aliphatic hydroxyl groups excluding tert-OH is 1. The predicted molar refractivity (Wildman–Crippen MR) is 131 cm³/mol. The maximum atomic E-state index is 12.9. The summed E-state index contributed by atoms with van der Waals surface area (Å²) in [6.45, 7) is 4.65. The summed E-state index contributed by atoms with van der Waals surface area (Å²) in [5.74, 6) is -0.602. The standard InChI is InChI=1S/C28H30N2O4/c1-28(2)17-23(31)25(24(32)18-28)22(29-15-14-19-9-4-3-5-10-19)13-8-16-30-26(33)20-11-6-7-12-21(20)27(30)34/h3-7,9-12,31H,8,13-18H2,1-2H3. The van der Waals surface area contributed by atoms with Crippen molar-refractivity contribution in [3.05, 3.63) is 82.6 Å². The minimum atomic E-state index is -0.292. The highest BCUT2D eigenvalue weighted by atomic mass is 16.3. The Balaban J connectivity index is 1.49. The van der Waals surface area contributed by atoms with Crippen molar-refractivity contribution in [2.24, 2.45) is 10.4 Å². The van der Waals surface area contributed by atoms with E-state index in [4.69, 9.17) is 4.99 Å². The molecule has 176 valence electrons. The molecule has 6 heteroatoms. The number of fused-ring (bicyclic) bond motifs is 1. The van der Waals surface area contributed by atoms with Crippen LogP contribution < -0.4 is 0 Å². The Labute approximate surface area is 200 Å². The molecule has 0 saturated carbocycles. The number of amides is 2. The van der Waals surface area contributed by atoms with E-state index in [1.807, 2.05) is 44.2 Å². The molecule has 6 nitrogen and oxygen atoms in total. The molecule has 0 fully saturated rings. The number of benzene rings is 2. The zero-order valence-electron chi connectivity index (χ0n) is 19.7. The van der Waals surface area contributed by atoms with Gasteiger partial charge in [0.2, 0.25) is 0 Å². The maximum absolute atomic E-state index is 12.9. The van der Waals surface area contributed by atoms with Crippen LogP contribution >= 0.6 is 0 Å². The van der Waals surface area contributed by atoms with Gasteiger partial charge in [-0.15, -0.1) is 0 Å². The van der Waals surface area contributed by atoms with E-state index in [1.165, 1.54) is 4.90 Å². The van der Waals surface area contributed by atoms with Gasteiger partial charge in [0.25, 0.3) is 11.8 Å². The molecule has 0 radical (unpaired) electrons. The third kappa shape index (κ3) is 5.01. The highest BCUT2D eigenvalue weighted by molar-refractivity contribution is 6.23. The van der Waals surface area contributed by atoms with Gasteiger partial charge in [-0.2, -0.15) is 0 Å². The van der Waals surface area contributed by atoms with E-state index >= 15 is 0 Å². The van der Waals surface area contributed by atoms with Gasteiger partial charge in [-0.25, -0.2) is 0 Å². The van der Waals surface area contributed by atoms with Gasteiger partial charge >= 0.3 is 0 Å². The van der Waals surface area contributed by atoms with Crippen LogP contribution in [0.2, 0.25) is 0 Å². The van der Waals surface area contributed by atoms with Crippen molar-refractivity contribution >= 4 is 23.3 Å². The molecule has 1 N–H and O–H groups in total. The lowest BCUT2D eigenvalue weighted by Crippen LogP contribution is -2.32. The van der Waals surface area contributed by atoms with Gasteiger partial charge in [-0.3, -0.25) is 24.3 Å². The zero-order chi connectivity index (χ0) is 24.3. The molecule has 0 aromatic heterocycles. The molecule has 0 bridgehead atoms. The van der Waals surface area contributed by atoms with Gasteiger partial charge < -0.3 is 5.11 Å². The Hall–Kier alpha value is -3.54. The van der Waals surface area contributed by atoms with E-state index in [9.17, 15) is 19.5 Å². The molecule has 0 saturated heterocycles. The number of imide groups is 1. The Morgan fingerprint density at radius 2 is 1.56 bits per heavy atom. The number of nitrogens with zero attached hydrogens (tertiary/aromatic N) is 2. The van der Waals surface area contributed by atoms with Crippen LogP contribution in [0.5, 0.6) is 0 Å². The highest BCUT2D eigenvalue weighted by Crippen LogP contribution is 2.36. The van der Waals surface area contributed by atoms with E-state index in [2.05, 4.69) is 0 Å². The molecule has 1 aliphatic carbocycles. The number of aliphatic imine (C=N–C) groups is 1. The van der Waals surface area contributed by atoms with Crippen molar-refractivity contribution in [3.63, 3.8) is 0 Å². The summed E-state index contributed by atoms with van der Waals surface area (Å²) < 4.78 is 0. The van der Waals surface area contributed by atoms with Crippen LogP contribution in [-0.2, 0) is 11.2 Å². The fourth-order valence-electron chi connectivity index (χ4n) is 4.71. The van der Waals surface area contributed by atoms with Gasteiger partial charge in [0.05, 0.1) is 16.7 Å². The van der Waals surface area contributed by atoms with Gasteiger partial charge in [0.1, 0.15) is 5.76 Å². The molecule has 2 aromatic carbocycles. The topological polar surface area (TPSA) is 87.0 Å². The number of hydrogen-bond acceptors (Lipinski definition) is 5. The van der Waals surface area contributed by atoms with Crippen LogP contribution in [0.15, 0.2) is 70.9 Å². The first kappa shape index (κ1) is 23.6. The number of carbonyl (C=O) groups excluding carboxylic acids is 3. The summed E-state index contributed by atoms with van der Waals surface area (Å²) in [5, 5.41) is 10.7. The lowest BCUT2D eigenvalue weighted by Gasteiger charge is -2.30. The summed E-state index contributed by atoms with van der Waals surface area (Å²) >= 11 is 0. The summed E-state index contributed by atoms with van der Waals surface area (Å²) in [5.41, 5.74) is 2.58. The van der Waals surface area contributed by atoms with Crippen LogP contribution in [0.25, 0.3) is 0 Å². The summed E-state index contributed by atoms with van der Waals surface area (Å²) in [6.07, 6.45) is 2.35. The Kier molecular flexibility index (Phi) is 6.77. The smallest absolute Gasteiger partial charge is 0.261 e. The number of aliphatic hydroxyl groups is 1. The molecule has 1 aliphatic heterocycles. The average Bonchev–Trinajstić information content (AvgIpc) is 3.03. The Morgan fingerprint density at radius 3 is 2.18 bits per heavy atom. The van der Waals surface area contributed by atoms with Crippen molar-refractivity contribution in [1.29, 1.82) is 0 Å². The van der Waals surface area contributed by atoms with E-state index in [0.717, 1.165) is 12.0 Å². The second-order valence-corrected chi connectivity index (χ2v) is 9.74. The van der Waals surface area contributed by atoms with Crippen LogP contribution in [0, 0.1) is 5.41 Å². The lowest BCUT2D eigenvalue weighted by atomic mass is 9.75. The van der Waals surface area contributed by atoms with Gasteiger partial charge in [-0.1, -0.05) is 56.3 Å². The first-order chi connectivity index (χ1) is 16.3. The number of allylic oxidation sites excluding steroid dienone is 2. The van der Waals surface area contributed by atoms with Gasteiger partial charge in [0.15, 0.2) is 5.78 Å². The molecule has 0 atom stereocenters. The highest BCUT2D eigenvalue weighted by Gasteiger charge is 2.36. The van der Waals surface area contributed by atoms with Crippen molar-refractivity contribution in [2.75, 3.05) is 13.1 Å². The zero-order valence-corrected chi connectivity index (χ0v) is 19.7. The summed E-state index contributed by atoms with van der Waals surface area (Å²) in [6, 6.07) is 16.8. The quantitative estimate of drug-likeness (QED) is 0.448. The third-order valence-electron chi connectivity index (χ3n) is 6.36. The van der Waals surface area contributed by atoms with Gasteiger partial charge in [0, 0.05) is 31.6 Å². The normalized spacial score (nSPS) is 18.0. The first-order valence-corrected chi connectivity index (χ1v) is 11.7. The molecular weight excluding hydrogens is 428 g/mol. The van der Waals surface area contributed by atoms with Crippen molar-refractivity contribution in [3.8, 4) is 0 Å². The molecule has 0 unspecified atom stereocenters. The van der Waals surface area contributed by atoms with Crippen molar-refractivity contribution in [2.45, 2.75) is 46.0 Å². The van der Waals surface area contributed by atoms with Crippen LogP contribution in [-0.4, -0.2) is 46.4 Å². The summed E-state index contributed by atoms with van der Waals surface area (Å²) in [7, 11) is 0. The van der Waals surface area contributed by atoms with E-state index in [0.29, 0.717) is 54.6 Å². The van der Waals surface area contributed by atoms with Gasteiger partial charge in [-0.05, 0) is 42.4 Å². The number of hydrogen-bond donors (Lipinski definition) is 1. The molecule has 2 aromatic rings. The SMILES string of the molecule is CC1(C)CC(=O)C(C(CCCN2C(=O)c3ccccc3C2=O)=NCCc2ccccc2)=C(O)C1. The maximum Gasteiger partial charge on any atom is 0.261 e. The molecule has 1 heterocycles. The fraction of sp³-hybridized carbons (Fsp3) is 0.357. The van der Waals surface area contributed by atoms with Crippen LogP contribution in [0.3, 0.4) is 0 Å². The minimum absolute atomic E-state index is 0.0837. The largest absolute Gasteiger partial charge is 0.511 e. The molecule has 2 aliphatic rings. The Morgan fingerprint density at radius 1 is 0.941 bits per heavy atom.